The van der Waals surface area contributed by atoms with E-state index in [1.165, 1.54) is 18.2 Å². The van der Waals surface area contributed by atoms with Gasteiger partial charge in [0.2, 0.25) is 5.82 Å². The summed E-state index contributed by atoms with van der Waals surface area (Å²) < 4.78 is 40.2. The zero-order valence-electron chi connectivity index (χ0n) is 15.1. The summed E-state index contributed by atoms with van der Waals surface area (Å²) in [5, 5.41) is 2.97. The van der Waals surface area contributed by atoms with Gasteiger partial charge in [-0.3, -0.25) is 4.79 Å². The number of hydrogen-bond acceptors (Lipinski definition) is 3. The monoisotopic (exact) mass is 379 g/mol. The summed E-state index contributed by atoms with van der Waals surface area (Å²) in [6.07, 6.45) is 0.565. The Morgan fingerprint density at radius 3 is 2.63 bits per heavy atom. The molecule has 1 aromatic carbocycles. The number of alkyl halides is 3. The van der Waals surface area contributed by atoms with Crippen LogP contribution >= 0.6 is 0 Å². The zero-order chi connectivity index (χ0) is 19.8. The lowest BCUT2D eigenvalue weighted by Crippen LogP contribution is -2.46. The minimum atomic E-state index is -4.57. The van der Waals surface area contributed by atoms with Crippen LogP contribution in [-0.4, -0.2) is 31.5 Å². The second-order valence-corrected chi connectivity index (χ2v) is 7.47. The maximum atomic E-state index is 12.8. The van der Waals surface area contributed by atoms with Gasteiger partial charge in [0.15, 0.2) is 0 Å². The lowest BCUT2D eigenvalue weighted by atomic mass is 9.86. The summed E-state index contributed by atoms with van der Waals surface area (Å²) in [7, 11) is 0. The Morgan fingerprint density at radius 2 is 2.04 bits per heavy atom. The number of nitrogens with one attached hydrogen (secondary N) is 2. The Labute approximate surface area is 153 Å². The highest BCUT2D eigenvalue weighted by Gasteiger charge is 2.35. The molecule has 0 saturated heterocycles. The lowest BCUT2D eigenvalue weighted by molar-refractivity contribution is -0.144. The number of imidazole rings is 2. The van der Waals surface area contributed by atoms with Gasteiger partial charge in [-0.2, -0.15) is 13.2 Å². The first-order chi connectivity index (χ1) is 12.5. The molecule has 9 heteroatoms. The third-order valence-electron chi connectivity index (χ3n) is 4.32. The molecular weight excluding hydrogens is 359 g/mol. The van der Waals surface area contributed by atoms with Crippen molar-refractivity contribution in [1.82, 2.24) is 24.8 Å². The Hall–Kier alpha value is -2.84. The molecule has 1 unspecified atom stereocenters. The predicted octanol–water partition coefficient (Wildman–Crippen LogP) is 3.62. The molecule has 1 amide bonds. The van der Waals surface area contributed by atoms with Crippen LogP contribution in [0.15, 0.2) is 36.9 Å². The van der Waals surface area contributed by atoms with Gasteiger partial charge in [-0.25, -0.2) is 9.97 Å². The Kier molecular flexibility index (Phi) is 4.71. The fourth-order valence-corrected chi connectivity index (χ4v) is 2.67. The molecule has 3 aromatic rings. The van der Waals surface area contributed by atoms with Crippen LogP contribution < -0.4 is 5.32 Å². The smallest absolute Gasteiger partial charge is 0.347 e. The van der Waals surface area contributed by atoms with Crippen LogP contribution in [0.25, 0.3) is 11.0 Å². The van der Waals surface area contributed by atoms with E-state index in [1.54, 1.807) is 18.7 Å². The molecule has 3 rings (SSSR count). The molecule has 0 fully saturated rings. The maximum Gasteiger partial charge on any atom is 0.449 e. The first-order valence-corrected chi connectivity index (χ1v) is 8.37. The summed E-state index contributed by atoms with van der Waals surface area (Å²) in [4.78, 5) is 22.4. The van der Waals surface area contributed by atoms with Gasteiger partial charge in [0.25, 0.3) is 5.91 Å². The van der Waals surface area contributed by atoms with Crippen molar-refractivity contribution in [2.45, 2.75) is 39.5 Å². The van der Waals surface area contributed by atoms with Crippen molar-refractivity contribution < 1.29 is 18.0 Å². The number of halogens is 3. The quantitative estimate of drug-likeness (QED) is 0.727. The molecule has 2 heterocycles. The third kappa shape index (κ3) is 4.29. The normalized spacial score (nSPS) is 13.7. The number of fused-ring (bicyclic) bond motifs is 1. The van der Waals surface area contributed by atoms with Gasteiger partial charge in [-0.15, -0.1) is 0 Å². The molecule has 0 saturated carbocycles. The third-order valence-corrected chi connectivity index (χ3v) is 4.32. The van der Waals surface area contributed by atoms with Crippen molar-refractivity contribution in [3.8, 4) is 0 Å². The van der Waals surface area contributed by atoms with Gasteiger partial charge in [-0.1, -0.05) is 20.8 Å². The van der Waals surface area contributed by atoms with E-state index in [1.807, 2.05) is 25.3 Å². The fourth-order valence-electron chi connectivity index (χ4n) is 2.67. The minimum absolute atomic E-state index is 0.157. The number of amides is 1. The predicted molar refractivity (Wildman–Crippen MR) is 94.0 cm³/mol. The second-order valence-electron chi connectivity index (χ2n) is 7.47. The highest BCUT2D eigenvalue weighted by atomic mass is 19.4. The summed E-state index contributed by atoms with van der Waals surface area (Å²) >= 11 is 0. The number of aromatic nitrogens is 4. The fraction of sp³-hybridized carbons (Fsp3) is 0.389. The first-order valence-electron chi connectivity index (χ1n) is 8.37. The van der Waals surface area contributed by atoms with Gasteiger partial charge in [0, 0.05) is 24.5 Å². The molecule has 0 aliphatic heterocycles. The number of carbonyl (C=O) groups excluding carboxylic acids is 1. The second kappa shape index (κ2) is 6.71. The molecular formula is C18H20F3N5O. The zero-order valence-corrected chi connectivity index (χ0v) is 15.1. The van der Waals surface area contributed by atoms with E-state index in [0.29, 0.717) is 6.54 Å². The van der Waals surface area contributed by atoms with Gasteiger partial charge < -0.3 is 14.9 Å². The maximum absolute atomic E-state index is 12.8. The van der Waals surface area contributed by atoms with Crippen LogP contribution in [0.3, 0.4) is 0 Å². The highest BCUT2D eigenvalue weighted by molar-refractivity contribution is 5.97. The molecule has 0 aliphatic rings. The van der Waals surface area contributed by atoms with Gasteiger partial charge in [-0.05, 0) is 23.6 Å². The highest BCUT2D eigenvalue weighted by Crippen LogP contribution is 2.29. The first kappa shape index (κ1) is 18.9. The molecule has 6 nitrogen and oxygen atoms in total. The Morgan fingerprint density at radius 1 is 1.30 bits per heavy atom. The minimum Gasteiger partial charge on any atom is -0.347 e. The van der Waals surface area contributed by atoms with Crippen LogP contribution in [0.2, 0.25) is 0 Å². The number of rotatable bonds is 4. The summed E-state index contributed by atoms with van der Waals surface area (Å²) in [5.74, 6) is -1.44. The van der Waals surface area contributed by atoms with Crippen LogP contribution in [0, 0.1) is 5.41 Å². The Bertz CT molecular complexity index is 938. The van der Waals surface area contributed by atoms with Crippen LogP contribution in [0.4, 0.5) is 13.2 Å². The van der Waals surface area contributed by atoms with E-state index < -0.39 is 12.0 Å². The van der Waals surface area contributed by atoms with Gasteiger partial charge in [0.05, 0.1) is 23.4 Å². The summed E-state index contributed by atoms with van der Waals surface area (Å²) in [6.45, 7) is 6.54. The van der Waals surface area contributed by atoms with Gasteiger partial charge in [0.1, 0.15) is 0 Å². The van der Waals surface area contributed by atoms with Crippen LogP contribution in [0.5, 0.6) is 0 Å². The van der Waals surface area contributed by atoms with Gasteiger partial charge >= 0.3 is 6.18 Å². The van der Waals surface area contributed by atoms with Crippen molar-refractivity contribution >= 4 is 16.9 Å². The van der Waals surface area contributed by atoms with E-state index >= 15 is 0 Å². The average Bonchev–Trinajstić information content (AvgIpc) is 3.21. The van der Waals surface area contributed by atoms with E-state index in [-0.39, 0.29) is 34.0 Å². The largest absolute Gasteiger partial charge is 0.449 e. The van der Waals surface area contributed by atoms with Crippen molar-refractivity contribution in [3.05, 3.63) is 48.3 Å². The number of benzene rings is 1. The molecule has 0 bridgehead atoms. The lowest BCUT2D eigenvalue weighted by Gasteiger charge is -2.31. The number of carbonyl (C=O) groups is 1. The van der Waals surface area contributed by atoms with Crippen molar-refractivity contribution in [3.63, 3.8) is 0 Å². The molecule has 0 aliphatic carbocycles. The van der Waals surface area contributed by atoms with Crippen LogP contribution in [-0.2, 0) is 12.7 Å². The summed E-state index contributed by atoms with van der Waals surface area (Å²) in [5.41, 5.74) is 0.350. The number of hydrogen-bond donors (Lipinski definition) is 2. The average molecular weight is 379 g/mol. The number of nitrogens with zero attached hydrogens (tertiary/aromatic N) is 3. The van der Waals surface area contributed by atoms with E-state index in [4.69, 9.17) is 0 Å². The van der Waals surface area contributed by atoms with E-state index in [0.717, 1.165) is 0 Å². The van der Waals surface area contributed by atoms with Crippen molar-refractivity contribution in [2.75, 3.05) is 0 Å². The molecule has 144 valence electrons. The molecule has 1 atom stereocenters. The number of aromatic amines is 1. The van der Waals surface area contributed by atoms with Crippen molar-refractivity contribution in [1.29, 1.82) is 0 Å². The molecule has 0 spiro atoms. The molecule has 27 heavy (non-hydrogen) atoms. The van der Waals surface area contributed by atoms with Crippen LogP contribution in [0.1, 0.15) is 37.0 Å². The molecule has 0 radical (unpaired) electrons. The Balaban J connectivity index is 1.83. The van der Waals surface area contributed by atoms with E-state index in [2.05, 4.69) is 20.3 Å². The molecule has 2 aromatic heterocycles. The molecule has 2 N–H and O–H groups in total. The number of H-pyrrole nitrogens is 1. The SMILES string of the molecule is CC(C)(C)C(Cn1ccnc1)NC(=O)c1ccc2nc(C(F)(F)F)[nH]c2c1. The summed E-state index contributed by atoms with van der Waals surface area (Å²) in [6, 6.07) is 4.04. The van der Waals surface area contributed by atoms with E-state index in [9.17, 15) is 18.0 Å². The van der Waals surface area contributed by atoms with Crippen molar-refractivity contribution in [2.24, 2.45) is 5.41 Å². The topological polar surface area (TPSA) is 75.6 Å². The standard InChI is InChI=1S/C18H20F3N5O/c1-17(2,3)14(9-26-7-6-22-10-26)25-15(27)11-4-5-12-13(8-11)24-16(23-12)18(19,20)21/h4-8,10,14H,9H2,1-3H3,(H,23,24)(H,25,27).